The molecule has 2 rings (SSSR count). The fourth-order valence-electron chi connectivity index (χ4n) is 2.28. The molecule has 0 bridgehead atoms. The Hall–Kier alpha value is -0.590. The second-order valence-corrected chi connectivity index (χ2v) is 5.72. The van der Waals surface area contributed by atoms with Gasteiger partial charge in [-0.25, -0.2) is 0 Å². The largest absolute Gasteiger partial charge is 0.417 e. The van der Waals surface area contributed by atoms with Gasteiger partial charge in [0.25, 0.3) is 0 Å². The molecule has 6 heteroatoms. The summed E-state index contributed by atoms with van der Waals surface area (Å²) in [6.45, 7) is 4.22. The lowest BCUT2D eigenvalue weighted by Gasteiger charge is -2.26. The number of morpholine rings is 1. The number of aryl methyl sites for hydroxylation is 1. The highest BCUT2D eigenvalue weighted by Crippen LogP contribution is 2.35. The second-order valence-electron chi connectivity index (χ2n) is 4.87. The number of alkyl halides is 3. The molecule has 0 saturated carbocycles. The molecule has 1 aliphatic heterocycles. The van der Waals surface area contributed by atoms with Crippen LogP contribution in [0.25, 0.3) is 0 Å². The van der Waals surface area contributed by atoms with Crippen molar-refractivity contribution in [2.24, 2.45) is 0 Å². The van der Waals surface area contributed by atoms with Crippen LogP contribution in [0, 0.1) is 0 Å². The molecule has 1 saturated heterocycles. The molecule has 1 aliphatic rings. The van der Waals surface area contributed by atoms with Crippen molar-refractivity contribution >= 4 is 15.9 Å². The van der Waals surface area contributed by atoms with Crippen LogP contribution in [0.2, 0.25) is 0 Å². The van der Waals surface area contributed by atoms with Gasteiger partial charge in [-0.15, -0.1) is 0 Å². The van der Waals surface area contributed by atoms with E-state index in [1.54, 1.807) is 6.07 Å². The van der Waals surface area contributed by atoms with Crippen molar-refractivity contribution in [3.63, 3.8) is 0 Å². The number of rotatable bonds is 4. The maximum Gasteiger partial charge on any atom is 0.417 e. The Morgan fingerprint density at radius 1 is 1.20 bits per heavy atom. The van der Waals surface area contributed by atoms with E-state index in [1.807, 2.05) is 0 Å². The second kappa shape index (κ2) is 6.91. The summed E-state index contributed by atoms with van der Waals surface area (Å²) < 4.78 is 43.7. The first-order valence-electron chi connectivity index (χ1n) is 6.62. The Morgan fingerprint density at radius 3 is 2.55 bits per heavy atom. The van der Waals surface area contributed by atoms with Gasteiger partial charge in [0.1, 0.15) is 0 Å². The first-order valence-corrected chi connectivity index (χ1v) is 7.42. The summed E-state index contributed by atoms with van der Waals surface area (Å²) in [5.41, 5.74) is 0.134. The van der Waals surface area contributed by atoms with E-state index >= 15 is 0 Å². The molecule has 0 aromatic heterocycles. The number of hydrogen-bond donors (Lipinski definition) is 0. The summed E-state index contributed by atoms with van der Waals surface area (Å²) in [5.74, 6) is 0. The molecule has 0 aliphatic carbocycles. The van der Waals surface area contributed by atoms with E-state index in [1.165, 1.54) is 12.1 Å². The van der Waals surface area contributed by atoms with Crippen molar-refractivity contribution in [2.45, 2.75) is 19.0 Å². The molecule has 1 heterocycles. The Labute approximate surface area is 125 Å². The average molecular weight is 352 g/mol. The van der Waals surface area contributed by atoms with Gasteiger partial charge in [-0.1, -0.05) is 22.0 Å². The lowest BCUT2D eigenvalue weighted by molar-refractivity contribution is -0.138. The van der Waals surface area contributed by atoms with E-state index in [2.05, 4.69) is 20.8 Å². The number of benzene rings is 1. The predicted molar refractivity (Wildman–Crippen MR) is 74.7 cm³/mol. The van der Waals surface area contributed by atoms with Gasteiger partial charge in [-0.3, -0.25) is 4.90 Å². The summed E-state index contributed by atoms with van der Waals surface area (Å²) in [6, 6.07) is 4.47. The van der Waals surface area contributed by atoms with Crippen LogP contribution < -0.4 is 0 Å². The molecular weight excluding hydrogens is 335 g/mol. The topological polar surface area (TPSA) is 12.5 Å². The van der Waals surface area contributed by atoms with E-state index in [0.717, 1.165) is 44.8 Å². The highest BCUT2D eigenvalue weighted by Gasteiger charge is 2.32. The molecule has 1 fully saturated rings. The van der Waals surface area contributed by atoms with Crippen molar-refractivity contribution in [2.75, 3.05) is 32.8 Å². The first-order chi connectivity index (χ1) is 9.47. The number of halogens is 4. The smallest absolute Gasteiger partial charge is 0.379 e. The fourth-order valence-corrected chi connectivity index (χ4v) is 2.75. The van der Waals surface area contributed by atoms with Gasteiger partial charge in [0, 0.05) is 17.6 Å². The third-order valence-corrected chi connectivity index (χ3v) is 4.07. The molecule has 1 aromatic rings. The van der Waals surface area contributed by atoms with Crippen LogP contribution in [0.3, 0.4) is 0 Å². The summed E-state index contributed by atoms with van der Waals surface area (Å²) in [4.78, 5) is 2.28. The maximum absolute atomic E-state index is 12.8. The van der Waals surface area contributed by atoms with Crippen LogP contribution in [0.4, 0.5) is 13.2 Å². The maximum atomic E-state index is 12.8. The summed E-state index contributed by atoms with van der Waals surface area (Å²) in [6.07, 6.45) is -2.79. The van der Waals surface area contributed by atoms with Crippen LogP contribution in [-0.2, 0) is 17.3 Å². The predicted octanol–water partition coefficient (Wildman–Crippen LogP) is 3.73. The SMILES string of the molecule is FC(F)(F)c1cc(CCCN2CCOCC2)ccc1Br. The molecule has 0 atom stereocenters. The number of hydrogen-bond acceptors (Lipinski definition) is 2. The number of nitrogens with zero attached hydrogens (tertiary/aromatic N) is 1. The Kier molecular flexibility index (Phi) is 5.46. The average Bonchev–Trinajstić information content (AvgIpc) is 2.40. The zero-order valence-electron chi connectivity index (χ0n) is 11.0. The molecule has 20 heavy (non-hydrogen) atoms. The lowest BCUT2D eigenvalue weighted by Crippen LogP contribution is -2.36. The Balaban J connectivity index is 1.89. The van der Waals surface area contributed by atoms with E-state index in [9.17, 15) is 13.2 Å². The Bertz CT molecular complexity index is 445. The minimum Gasteiger partial charge on any atom is -0.379 e. The molecule has 0 spiro atoms. The van der Waals surface area contributed by atoms with Crippen molar-refractivity contribution in [3.8, 4) is 0 Å². The lowest BCUT2D eigenvalue weighted by atomic mass is 10.1. The standard InChI is InChI=1S/C14H17BrF3NO/c15-13-4-3-11(10-12(13)14(16,17)18)2-1-5-19-6-8-20-9-7-19/h3-4,10H,1-2,5-9H2. The van der Waals surface area contributed by atoms with Crippen LogP contribution >= 0.6 is 15.9 Å². The monoisotopic (exact) mass is 351 g/mol. The minimum absolute atomic E-state index is 0.0990. The fraction of sp³-hybridized carbons (Fsp3) is 0.571. The van der Waals surface area contributed by atoms with Gasteiger partial charge in [-0.2, -0.15) is 13.2 Å². The highest BCUT2D eigenvalue weighted by atomic mass is 79.9. The normalized spacial score (nSPS) is 17.4. The molecule has 2 nitrogen and oxygen atoms in total. The molecule has 0 amide bonds. The van der Waals surface area contributed by atoms with Crippen molar-refractivity contribution in [1.82, 2.24) is 4.90 Å². The van der Waals surface area contributed by atoms with Gasteiger partial charge in [-0.05, 0) is 37.1 Å². The van der Waals surface area contributed by atoms with Crippen molar-refractivity contribution in [1.29, 1.82) is 0 Å². The van der Waals surface area contributed by atoms with Gasteiger partial charge < -0.3 is 4.74 Å². The van der Waals surface area contributed by atoms with Crippen LogP contribution in [0.15, 0.2) is 22.7 Å². The zero-order chi connectivity index (χ0) is 14.6. The summed E-state index contributed by atoms with van der Waals surface area (Å²) in [7, 11) is 0. The van der Waals surface area contributed by atoms with Crippen LogP contribution in [-0.4, -0.2) is 37.7 Å². The van der Waals surface area contributed by atoms with Gasteiger partial charge in [0.2, 0.25) is 0 Å². The summed E-state index contributed by atoms with van der Waals surface area (Å²) >= 11 is 2.95. The molecular formula is C14H17BrF3NO. The first kappa shape index (κ1) is 15.8. The van der Waals surface area contributed by atoms with E-state index in [4.69, 9.17) is 4.74 Å². The number of ether oxygens (including phenoxy) is 1. The van der Waals surface area contributed by atoms with E-state index in [0.29, 0.717) is 6.42 Å². The third kappa shape index (κ3) is 4.46. The molecule has 0 N–H and O–H groups in total. The van der Waals surface area contributed by atoms with Crippen LogP contribution in [0.1, 0.15) is 17.5 Å². The highest BCUT2D eigenvalue weighted by molar-refractivity contribution is 9.10. The quantitative estimate of drug-likeness (QED) is 0.819. The van der Waals surface area contributed by atoms with Crippen molar-refractivity contribution in [3.05, 3.63) is 33.8 Å². The van der Waals surface area contributed by atoms with Gasteiger partial charge in [0.15, 0.2) is 0 Å². The van der Waals surface area contributed by atoms with E-state index < -0.39 is 11.7 Å². The van der Waals surface area contributed by atoms with E-state index in [-0.39, 0.29) is 4.47 Å². The molecule has 1 aromatic carbocycles. The van der Waals surface area contributed by atoms with Gasteiger partial charge >= 0.3 is 6.18 Å². The third-order valence-electron chi connectivity index (χ3n) is 3.38. The van der Waals surface area contributed by atoms with Crippen molar-refractivity contribution < 1.29 is 17.9 Å². The molecule has 112 valence electrons. The molecule has 0 unspecified atom stereocenters. The molecule has 0 radical (unpaired) electrons. The zero-order valence-corrected chi connectivity index (χ0v) is 12.6. The van der Waals surface area contributed by atoms with Crippen LogP contribution in [0.5, 0.6) is 0 Å². The Morgan fingerprint density at radius 2 is 1.90 bits per heavy atom. The van der Waals surface area contributed by atoms with Gasteiger partial charge in [0.05, 0.1) is 18.8 Å². The minimum atomic E-state index is -4.31. The summed E-state index contributed by atoms with van der Waals surface area (Å²) in [5, 5.41) is 0.